The minimum atomic E-state index is -0.815. The van der Waals surface area contributed by atoms with Gasteiger partial charge >= 0.3 is 0 Å². The Bertz CT molecular complexity index is 197. The second kappa shape index (κ2) is 2.24. The second-order valence-electron chi connectivity index (χ2n) is 5.17. The van der Waals surface area contributed by atoms with Gasteiger partial charge in [-0.25, -0.2) is 4.39 Å². The van der Waals surface area contributed by atoms with Gasteiger partial charge < -0.3 is 0 Å². The maximum absolute atomic E-state index is 14.4. The summed E-state index contributed by atoms with van der Waals surface area (Å²) in [6, 6.07) is 0. The highest BCUT2D eigenvalue weighted by Gasteiger charge is 2.66. The molecule has 70 valence electrons. The van der Waals surface area contributed by atoms with Crippen LogP contribution in [0.25, 0.3) is 0 Å². The van der Waals surface area contributed by atoms with E-state index in [-0.39, 0.29) is 5.41 Å². The van der Waals surface area contributed by atoms with Crippen LogP contribution in [0.5, 0.6) is 0 Å². The summed E-state index contributed by atoms with van der Waals surface area (Å²) < 4.78 is 14.4. The molecule has 0 aliphatic heterocycles. The van der Waals surface area contributed by atoms with Crippen LogP contribution in [0.2, 0.25) is 0 Å². The van der Waals surface area contributed by atoms with Gasteiger partial charge in [0.05, 0.1) is 0 Å². The van der Waals surface area contributed by atoms with Gasteiger partial charge in [0.25, 0.3) is 0 Å². The molecule has 0 aromatic rings. The standard InChI is InChI=1S/C11H19F/c1-4-8-5-6-9-7-11(8,12)10(9,2)3/h8-9H,4-7H2,1-3H3. The van der Waals surface area contributed by atoms with E-state index in [2.05, 4.69) is 20.8 Å². The molecule has 0 nitrogen and oxygen atoms in total. The van der Waals surface area contributed by atoms with Crippen molar-refractivity contribution in [2.24, 2.45) is 17.3 Å². The Morgan fingerprint density at radius 3 is 2.42 bits per heavy atom. The van der Waals surface area contributed by atoms with E-state index in [9.17, 15) is 4.39 Å². The highest BCUT2D eigenvalue weighted by Crippen LogP contribution is 2.66. The third-order valence-electron chi connectivity index (χ3n) is 4.64. The molecule has 0 amide bonds. The van der Waals surface area contributed by atoms with Crippen molar-refractivity contribution < 1.29 is 4.39 Å². The number of fused-ring (bicyclic) bond motifs is 2. The molecule has 0 saturated heterocycles. The van der Waals surface area contributed by atoms with E-state index in [0.717, 1.165) is 19.3 Å². The van der Waals surface area contributed by atoms with Crippen LogP contribution in [-0.2, 0) is 0 Å². The first kappa shape index (κ1) is 8.52. The molecule has 3 saturated carbocycles. The summed E-state index contributed by atoms with van der Waals surface area (Å²) in [5.41, 5.74) is -0.837. The Kier molecular flexibility index (Phi) is 1.59. The van der Waals surface area contributed by atoms with Gasteiger partial charge in [0.1, 0.15) is 5.67 Å². The zero-order valence-electron chi connectivity index (χ0n) is 8.36. The lowest BCUT2D eigenvalue weighted by Gasteiger charge is -2.64. The van der Waals surface area contributed by atoms with Gasteiger partial charge in [0, 0.05) is 5.41 Å². The SMILES string of the molecule is CCC1CCC2CC1(F)C2(C)C. The molecule has 0 heterocycles. The van der Waals surface area contributed by atoms with Gasteiger partial charge in [-0.1, -0.05) is 27.2 Å². The molecular weight excluding hydrogens is 151 g/mol. The quantitative estimate of drug-likeness (QED) is 0.564. The molecule has 0 N–H and O–H groups in total. The Morgan fingerprint density at radius 1 is 1.33 bits per heavy atom. The summed E-state index contributed by atoms with van der Waals surface area (Å²) in [5, 5.41) is 0. The monoisotopic (exact) mass is 170 g/mol. The number of hydrogen-bond acceptors (Lipinski definition) is 0. The Labute approximate surface area is 74.5 Å². The first-order chi connectivity index (χ1) is 5.52. The molecule has 3 rings (SSSR count). The van der Waals surface area contributed by atoms with Crippen LogP contribution in [0.4, 0.5) is 4.39 Å². The molecule has 2 bridgehead atoms. The lowest BCUT2D eigenvalue weighted by atomic mass is 9.43. The molecule has 3 fully saturated rings. The number of rotatable bonds is 1. The predicted molar refractivity (Wildman–Crippen MR) is 48.7 cm³/mol. The summed E-state index contributed by atoms with van der Waals surface area (Å²) in [5.74, 6) is 1.02. The average molecular weight is 170 g/mol. The second-order valence-corrected chi connectivity index (χ2v) is 5.17. The van der Waals surface area contributed by atoms with E-state index < -0.39 is 5.67 Å². The average Bonchev–Trinajstić information content (AvgIpc) is 2.04. The minimum Gasteiger partial charge on any atom is -0.243 e. The van der Waals surface area contributed by atoms with Crippen molar-refractivity contribution in [3.8, 4) is 0 Å². The zero-order chi connectivity index (χ0) is 8.98. The minimum absolute atomic E-state index is 0.0219. The van der Waals surface area contributed by atoms with Gasteiger partial charge in [0.2, 0.25) is 0 Å². The topological polar surface area (TPSA) is 0 Å². The fourth-order valence-electron chi connectivity index (χ4n) is 3.40. The highest BCUT2D eigenvalue weighted by atomic mass is 19.1. The Hall–Kier alpha value is -0.0700. The summed E-state index contributed by atoms with van der Waals surface area (Å²) >= 11 is 0. The van der Waals surface area contributed by atoms with E-state index in [1.54, 1.807) is 0 Å². The maximum atomic E-state index is 14.4. The van der Waals surface area contributed by atoms with Gasteiger partial charge in [0.15, 0.2) is 0 Å². The van der Waals surface area contributed by atoms with Crippen LogP contribution in [0.3, 0.4) is 0 Å². The first-order valence-corrected chi connectivity index (χ1v) is 5.21. The van der Waals surface area contributed by atoms with Crippen molar-refractivity contribution in [3.05, 3.63) is 0 Å². The van der Waals surface area contributed by atoms with Crippen molar-refractivity contribution in [1.29, 1.82) is 0 Å². The first-order valence-electron chi connectivity index (χ1n) is 5.21. The number of alkyl halides is 1. The van der Waals surface area contributed by atoms with Crippen LogP contribution < -0.4 is 0 Å². The molecule has 0 aromatic carbocycles. The highest BCUT2D eigenvalue weighted by molar-refractivity contribution is 5.14. The third-order valence-corrected chi connectivity index (χ3v) is 4.64. The molecule has 1 heteroatoms. The van der Waals surface area contributed by atoms with E-state index in [1.807, 2.05) is 0 Å². The van der Waals surface area contributed by atoms with E-state index in [4.69, 9.17) is 0 Å². The molecule has 0 spiro atoms. The van der Waals surface area contributed by atoms with Gasteiger partial charge in [-0.2, -0.15) is 0 Å². The van der Waals surface area contributed by atoms with Crippen molar-refractivity contribution in [1.82, 2.24) is 0 Å². The van der Waals surface area contributed by atoms with Crippen molar-refractivity contribution in [3.63, 3.8) is 0 Å². The fourth-order valence-corrected chi connectivity index (χ4v) is 3.40. The molecule has 0 aromatic heterocycles. The van der Waals surface area contributed by atoms with Crippen LogP contribution in [0, 0.1) is 17.3 Å². The summed E-state index contributed by atoms with van der Waals surface area (Å²) in [4.78, 5) is 0. The van der Waals surface area contributed by atoms with E-state index in [1.165, 1.54) is 6.42 Å². The van der Waals surface area contributed by atoms with E-state index in [0.29, 0.717) is 11.8 Å². The summed E-state index contributed by atoms with van der Waals surface area (Å²) in [6.45, 7) is 6.35. The fraction of sp³-hybridized carbons (Fsp3) is 1.00. The Morgan fingerprint density at radius 2 is 2.00 bits per heavy atom. The van der Waals surface area contributed by atoms with Crippen molar-refractivity contribution >= 4 is 0 Å². The number of halogens is 1. The summed E-state index contributed by atoms with van der Waals surface area (Å²) in [7, 11) is 0. The molecular formula is C11H19F. The van der Waals surface area contributed by atoms with Crippen LogP contribution in [0.1, 0.15) is 46.5 Å². The maximum Gasteiger partial charge on any atom is 0.119 e. The number of hydrogen-bond donors (Lipinski definition) is 0. The van der Waals surface area contributed by atoms with E-state index >= 15 is 0 Å². The largest absolute Gasteiger partial charge is 0.243 e. The molecule has 3 unspecified atom stereocenters. The van der Waals surface area contributed by atoms with Crippen molar-refractivity contribution in [2.75, 3.05) is 0 Å². The normalized spacial score (nSPS) is 50.0. The predicted octanol–water partition coefficient (Wildman–Crippen LogP) is 3.56. The molecule has 3 aliphatic rings. The lowest BCUT2D eigenvalue weighted by molar-refractivity contribution is -0.210. The summed E-state index contributed by atoms with van der Waals surface area (Å²) in [6.07, 6.45) is 4.25. The van der Waals surface area contributed by atoms with Gasteiger partial charge in [-0.3, -0.25) is 0 Å². The molecule has 3 atom stereocenters. The van der Waals surface area contributed by atoms with Gasteiger partial charge in [-0.05, 0) is 31.1 Å². The van der Waals surface area contributed by atoms with Crippen LogP contribution >= 0.6 is 0 Å². The zero-order valence-corrected chi connectivity index (χ0v) is 8.36. The molecule has 12 heavy (non-hydrogen) atoms. The van der Waals surface area contributed by atoms with Crippen molar-refractivity contribution in [2.45, 2.75) is 52.1 Å². The smallest absolute Gasteiger partial charge is 0.119 e. The molecule has 3 aliphatic carbocycles. The third kappa shape index (κ3) is 0.730. The lowest BCUT2D eigenvalue weighted by Crippen LogP contribution is -2.64. The van der Waals surface area contributed by atoms with Crippen LogP contribution in [0.15, 0.2) is 0 Å². The van der Waals surface area contributed by atoms with Crippen LogP contribution in [-0.4, -0.2) is 5.67 Å². The Balaban J connectivity index is 2.24. The van der Waals surface area contributed by atoms with Gasteiger partial charge in [-0.15, -0.1) is 0 Å². The molecule has 0 radical (unpaired) electrons.